The summed E-state index contributed by atoms with van der Waals surface area (Å²) in [6.07, 6.45) is 1.25. The number of aromatic amines is 1. The van der Waals surface area contributed by atoms with Gasteiger partial charge in [0.05, 0.1) is 27.9 Å². The number of carbonyl (C=O) groups excluding carboxylic acids is 1. The Labute approximate surface area is 188 Å². The highest BCUT2D eigenvalue weighted by molar-refractivity contribution is 7.90. The summed E-state index contributed by atoms with van der Waals surface area (Å²) in [6.45, 7) is 1.36. The van der Waals surface area contributed by atoms with Crippen LogP contribution in [-0.4, -0.2) is 39.3 Å². The number of esters is 1. The highest BCUT2D eigenvalue weighted by atomic mass is 35.5. The van der Waals surface area contributed by atoms with E-state index in [1.807, 2.05) is 0 Å². The number of fused-ring (bicyclic) bond motifs is 1. The van der Waals surface area contributed by atoms with Gasteiger partial charge in [0.15, 0.2) is 21.9 Å². The average molecular weight is 484 g/mol. The molecule has 10 heteroatoms. The van der Waals surface area contributed by atoms with Crippen LogP contribution in [-0.2, 0) is 25.8 Å². The molecule has 0 aliphatic carbocycles. The molecule has 0 unspecified atom stereocenters. The van der Waals surface area contributed by atoms with Crippen molar-refractivity contribution in [1.29, 1.82) is 0 Å². The molecule has 0 aliphatic rings. The minimum atomic E-state index is -3.41. The van der Waals surface area contributed by atoms with Gasteiger partial charge in [-0.3, -0.25) is 4.79 Å². The van der Waals surface area contributed by atoms with E-state index in [1.54, 1.807) is 19.1 Å². The van der Waals surface area contributed by atoms with E-state index >= 15 is 0 Å². The monoisotopic (exact) mass is 483 g/mol. The lowest BCUT2D eigenvalue weighted by Gasteiger charge is -2.14. The van der Waals surface area contributed by atoms with E-state index in [1.165, 1.54) is 25.3 Å². The maximum absolute atomic E-state index is 13.4. The molecule has 3 aromatic rings. The predicted octanol–water partition coefficient (Wildman–Crippen LogP) is 3.69. The largest absolute Gasteiger partial charge is 0.481 e. The molecule has 1 heterocycles. The number of sulfone groups is 1. The molecular weight excluding hydrogens is 465 g/mol. The fourth-order valence-electron chi connectivity index (χ4n) is 3.11. The van der Waals surface area contributed by atoms with Crippen LogP contribution in [0.3, 0.4) is 0 Å². The summed E-state index contributed by atoms with van der Waals surface area (Å²) < 4.78 is 33.5. The number of benzene rings is 2. The number of carbonyl (C=O) groups is 1. The molecule has 1 aromatic heterocycles. The maximum atomic E-state index is 13.4. The van der Waals surface area contributed by atoms with E-state index in [4.69, 9.17) is 27.9 Å². The van der Waals surface area contributed by atoms with E-state index < -0.39 is 15.8 Å². The Morgan fingerprint density at radius 3 is 2.45 bits per heavy atom. The van der Waals surface area contributed by atoms with Crippen LogP contribution < -0.4 is 10.2 Å². The Balaban J connectivity index is 2.11. The predicted molar refractivity (Wildman–Crippen MR) is 119 cm³/mol. The third-order valence-electron chi connectivity index (χ3n) is 4.78. The Hall–Kier alpha value is -2.55. The molecule has 0 amide bonds. The second-order valence-electron chi connectivity index (χ2n) is 6.92. The summed E-state index contributed by atoms with van der Waals surface area (Å²) in [5.74, 6) is -0.407. The number of hydrogen-bond acceptors (Lipinski definition) is 6. The van der Waals surface area contributed by atoms with Gasteiger partial charge in [0.2, 0.25) is 0 Å². The molecule has 0 saturated carbocycles. The van der Waals surface area contributed by atoms with Gasteiger partial charge in [-0.25, -0.2) is 13.2 Å². The Morgan fingerprint density at radius 2 is 1.84 bits per heavy atom. The molecule has 164 valence electrons. The quantitative estimate of drug-likeness (QED) is 0.536. The molecule has 31 heavy (non-hydrogen) atoms. The van der Waals surface area contributed by atoms with Gasteiger partial charge in [0, 0.05) is 29.0 Å². The first-order chi connectivity index (χ1) is 14.5. The van der Waals surface area contributed by atoms with E-state index in [2.05, 4.69) is 9.72 Å². The zero-order valence-corrected chi connectivity index (χ0v) is 19.2. The molecule has 2 aromatic carbocycles. The Morgan fingerprint density at radius 1 is 1.13 bits per heavy atom. The van der Waals surface area contributed by atoms with Crippen LogP contribution in [0.25, 0.3) is 10.9 Å². The number of ether oxygens (including phenoxy) is 2. The van der Waals surface area contributed by atoms with E-state index in [9.17, 15) is 18.0 Å². The van der Waals surface area contributed by atoms with Crippen molar-refractivity contribution in [2.45, 2.75) is 18.2 Å². The lowest BCUT2D eigenvalue weighted by Crippen LogP contribution is -2.17. The lowest BCUT2D eigenvalue weighted by molar-refractivity contribution is -0.142. The van der Waals surface area contributed by atoms with Crippen molar-refractivity contribution in [2.75, 3.05) is 20.0 Å². The van der Waals surface area contributed by atoms with Crippen molar-refractivity contribution >= 4 is 49.9 Å². The molecule has 0 atom stereocenters. The van der Waals surface area contributed by atoms with Gasteiger partial charge in [-0.15, -0.1) is 0 Å². The minimum absolute atomic E-state index is 0.0932. The third-order valence-corrected chi connectivity index (χ3v) is 6.55. The van der Waals surface area contributed by atoms with E-state index in [-0.39, 0.29) is 39.5 Å². The number of pyridine rings is 1. The van der Waals surface area contributed by atoms with Gasteiger partial charge < -0.3 is 14.5 Å². The number of H-pyrrole nitrogens is 1. The summed E-state index contributed by atoms with van der Waals surface area (Å²) in [7, 11) is -2.17. The number of aromatic nitrogens is 1. The highest BCUT2D eigenvalue weighted by Crippen LogP contribution is 2.30. The van der Waals surface area contributed by atoms with Crippen LogP contribution in [0.2, 0.25) is 10.0 Å². The van der Waals surface area contributed by atoms with Gasteiger partial charge >= 0.3 is 5.97 Å². The molecule has 0 bridgehead atoms. The molecule has 0 radical (unpaired) electrons. The summed E-state index contributed by atoms with van der Waals surface area (Å²) in [4.78, 5) is 28.0. The molecule has 0 spiro atoms. The van der Waals surface area contributed by atoms with Crippen molar-refractivity contribution in [2.24, 2.45) is 0 Å². The molecule has 0 saturated heterocycles. The van der Waals surface area contributed by atoms with Crippen molar-refractivity contribution in [3.63, 3.8) is 0 Å². The number of halogens is 2. The van der Waals surface area contributed by atoms with Crippen molar-refractivity contribution in [3.05, 3.63) is 67.4 Å². The Bertz CT molecular complexity index is 1350. The van der Waals surface area contributed by atoms with Crippen LogP contribution in [0.4, 0.5) is 0 Å². The van der Waals surface area contributed by atoms with Crippen molar-refractivity contribution in [1.82, 2.24) is 4.98 Å². The van der Waals surface area contributed by atoms with E-state index in [0.717, 1.165) is 6.26 Å². The van der Waals surface area contributed by atoms with Crippen LogP contribution in [0, 0.1) is 6.92 Å². The first kappa shape index (κ1) is 23.1. The normalized spacial score (nSPS) is 11.5. The average Bonchev–Trinajstić information content (AvgIpc) is 2.70. The smallest absolute Gasteiger partial charge is 0.343 e. The summed E-state index contributed by atoms with van der Waals surface area (Å²) in [6, 6.07) is 7.46. The van der Waals surface area contributed by atoms with Gasteiger partial charge in [-0.1, -0.05) is 29.3 Å². The highest BCUT2D eigenvalue weighted by Gasteiger charge is 2.18. The number of nitrogens with one attached hydrogen (secondary N) is 1. The summed E-state index contributed by atoms with van der Waals surface area (Å²) in [5, 5.41) is 0.749. The van der Waals surface area contributed by atoms with Crippen LogP contribution in [0.15, 0.2) is 40.0 Å². The molecule has 3 rings (SSSR count). The first-order valence-electron chi connectivity index (χ1n) is 9.05. The Kier molecular flexibility index (Phi) is 6.64. The molecule has 0 aliphatic heterocycles. The number of rotatable bonds is 6. The third kappa shape index (κ3) is 4.87. The summed E-state index contributed by atoms with van der Waals surface area (Å²) in [5.41, 5.74) is 1.62. The zero-order chi connectivity index (χ0) is 22.9. The van der Waals surface area contributed by atoms with E-state index in [0.29, 0.717) is 27.4 Å². The molecule has 1 N–H and O–H groups in total. The molecule has 7 nitrogen and oxygen atoms in total. The fourth-order valence-corrected chi connectivity index (χ4v) is 4.28. The molecular formula is C21H19Cl2NO6S. The number of methoxy groups -OCH3 is 1. The SMILES string of the molecule is COC(=O)COc1ccc(Cl)c2[nH]c(C)c(Cc3ccc(S(C)(=O)=O)cc3Cl)c(=O)c12. The zero-order valence-electron chi connectivity index (χ0n) is 16.9. The van der Waals surface area contributed by atoms with Gasteiger partial charge in [0.25, 0.3) is 0 Å². The van der Waals surface area contributed by atoms with Crippen molar-refractivity contribution < 1.29 is 22.7 Å². The second kappa shape index (κ2) is 8.90. The number of aryl methyl sites for hydroxylation is 1. The van der Waals surface area contributed by atoms with Gasteiger partial charge in [-0.2, -0.15) is 0 Å². The standard InChI is InChI=1S/C21H19Cl2NO6S/c1-11-14(8-12-4-5-13(9-16(12)23)31(3,27)28)21(26)19-17(30-10-18(25)29-2)7-6-15(22)20(19)24-11/h4-7,9H,8,10H2,1-3H3,(H,24,26). The topological polar surface area (TPSA) is 103 Å². The van der Waals surface area contributed by atoms with Crippen LogP contribution in [0.5, 0.6) is 5.75 Å². The first-order valence-corrected chi connectivity index (χ1v) is 11.7. The van der Waals surface area contributed by atoms with Crippen LogP contribution in [0.1, 0.15) is 16.8 Å². The van der Waals surface area contributed by atoms with Gasteiger partial charge in [0.1, 0.15) is 5.75 Å². The maximum Gasteiger partial charge on any atom is 0.343 e. The second-order valence-corrected chi connectivity index (χ2v) is 9.75. The molecule has 0 fully saturated rings. The van der Waals surface area contributed by atoms with Crippen molar-refractivity contribution in [3.8, 4) is 5.75 Å². The van der Waals surface area contributed by atoms with Crippen LogP contribution >= 0.6 is 23.2 Å². The fraction of sp³-hybridized carbons (Fsp3) is 0.238. The number of hydrogen-bond donors (Lipinski definition) is 1. The van der Waals surface area contributed by atoms with Gasteiger partial charge in [-0.05, 0) is 36.8 Å². The minimum Gasteiger partial charge on any atom is -0.481 e. The summed E-state index contributed by atoms with van der Waals surface area (Å²) >= 11 is 12.6. The lowest BCUT2D eigenvalue weighted by atomic mass is 10.0.